The van der Waals surface area contributed by atoms with Gasteiger partial charge in [0.2, 0.25) is 0 Å². The third-order valence-electron chi connectivity index (χ3n) is 3.14. The first-order valence-electron chi connectivity index (χ1n) is 6.76. The van der Waals surface area contributed by atoms with Crippen molar-refractivity contribution in [3.8, 4) is 0 Å². The van der Waals surface area contributed by atoms with E-state index in [1.807, 2.05) is 35.6 Å². The monoisotopic (exact) mass is 289 g/mol. The molecule has 2 aromatic rings. The van der Waals surface area contributed by atoms with Gasteiger partial charge in [-0.2, -0.15) is 0 Å². The molecule has 0 fully saturated rings. The molecule has 20 heavy (non-hydrogen) atoms. The standard InChI is InChI=1S/C16H19NO2S/c1-2-14-7-8-15(20-14)11-17-10-13-6-4-3-5-12(13)9-16(18)19/h3-8,17H,2,9-11H2,1H3,(H,18,19). The Morgan fingerprint density at radius 3 is 2.45 bits per heavy atom. The summed E-state index contributed by atoms with van der Waals surface area (Å²) in [4.78, 5) is 13.5. The average molecular weight is 289 g/mol. The molecule has 0 spiro atoms. The molecule has 0 radical (unpaired) electrons. The summed E-state index contributed by atoms with van der Waals surface area (Å²) in [6.45, 7) is 3.68. The molecule has 0 bridgehead atoms. The highest BCUT2D eigenvalue weighted by atomic mass is 32.1. The maximum Gasteiger partial charge on any atom is 0.307 e. The first-order chi connectivity index (χ1) is 9.69. The van der Waals surface area contributed by atoms with Gasteiger partial charge in [0.1, 0.15) is 0 Å². The normalized spacial score (nSPS) is 10.7. The molecule has 0 amide bonds. The van der Waals surface area contributed by atoms with Crippen molar-refractivity contribution in [1.82, 2.24) is 5.32 Å². The largest absolute Gasteiger partial charge is 0.481 e. The Balaban J connectivity index is 1.92. The Kier molecular flexibility index (Phi) is 5.32. The van der Waals surface area contributed by atoms with Gasteiger partial charge >= 0.3 is 5.97 Å². The highest BCUT2D eigenvalue weighted by Crippen LogP contribution is 2.17. The van der Waals surface area contributed by atoms with E-state index in [2.05, 4.69) is 24.4 Å². The molecule has 1 heterocycles. The van der Waals surface area contributed by atoms with Crippen molar-refractivity contribution < 1.29 is 9.90 Å². The Bertz CT molecular complexity index is 577. The Hall–Kier alpha value is -1.65. The average Bonchev–Trinajstić information content (AvgIpc) is 2.88. The lowest BCUT2D eigenvalue weighted by Crippen LogP contribution is -2.14. The lowest BCUT2D eigenvalue weighted by atomic mass is 10.0. The third kappa shape index (κ3) is 4.18. The van der Waals surface area contributed by atoms with Gasteiger partial charge in [0.05, 0.1) is 6.42 Å². The fourth-order valence-electron chi connectivity index (χ4n) is 2.09. The summed E-state index contributed by atoms with van der Waals surface area (Å²) < 4.78 is 0. The molecule has 0 aliphatic heterocycles. The van der Waals surface area contributed by atoms with Gasteiger partial charge in [-0.05, 0) is 29.7 Å². The SMILES string of the molecule is CCc1ccc(CNCc2ccccc2CC(=O)O)s1. The van der Waals surface area contributed by atoms with Crippen LogP contribution in [-0.2, 0) is 30.7 Å². The van der Waals surface area contributed by atoms with Gasteiger partial charge in [-0.15, -0.1) is 11.3 Å². The van der Waals surface area contributed by atoms with Gasteiger partial charge in [-0.3, -0.25) is 4.79 Å². The number of aliphatic carboxylic acids is 1. The highest BCUT2D eigenvalue weighted by molar-refractivity contribution is 7.11. The molecule has 106 valence electrons. The predicted octanol–water partition coefficient (Wildman–Crippen LogP) is 3.23. The maximum atomic E-state index is 10.8. The van der Waals surface area contributed by atoms with Gasteiger partial charge < -0.3 is 10.4 Å². The lowest BCUT2D eigenvalue weighted by Gasteiger charge is -2.08. The second-order valence-electron chi connectivity index (χ2n) is 4.66. The maximum absolute atomic E-state index is 10.8. The Labute approximate surface area is 123 Å². The number of hydrogen-bond acceptors (Lipinski definition) is 3. The van der Waals surface area contributed by atoms with E-state index in [-0.39, 0.29) is 6.42 Å². The minimum atomic E-state index is -0.789. The summed E-state index contributed by atoms with van der Waals surface area (Å²) >= 11 is 1.83. The molecule has 0 saturated heterocycles. The number of carbonyl (C=O) groups is 1. The van der Waals surface area contributed by atoms with Crippen LogP contribution in [-0.4, -0.2) is 11.1 Å². The van der Waals surface area contributed by atoms with Crippen LogP contribution in [0.1, 0.15) is 27.8 Å². The van der Waals surface area contributed by atoms with E-state index in [0.29, 0.717) is 6.54 Å². The zero-order valence-corrected chi connectivity index (χ0v) is 12.4. The lowest BCUT2D eigenvalue weighted by molar-refractivity contribution is -0.136. The van der Waals surface area contributed by atoms with Crippen LogP contribution in [0.2, 0.25) is 0 Å². The fourth-order valence-corrected chi connectivity index (χ4v) is 3.02. The van der Waals surface area contributed by atoms with Crippen LogP contribution < -0.4 is 5.32 Å². The number of nitrogens with one attached hydrogen (secondary N) is 1. The number of hydrogen-bond donors (Lipinski definition) is 2. The van der Waals surface area contributed by atoms with E-state index in [9.17, 15) is 4.79 Å². The minimum Gasteiger partial charge on any atom is -0.481 e. The van der Waals surface area contributed by atoms with Crippen LogP contribution in [0.4, 0.5) is 0 Å². The zero-order valence-electron chi connectivity index (χ0n) is 11.6. The molecule has 0 atom stereocenters. The van der Waals surface area contributed by atoms with Crippen LogP contribution in [0.15, 0.2) is 36.4 Å². The van der Waals surface area contributed by atoms with Gasteiger partial charge in [0, 0.05) is 22.8 Å². The third-order valence-corrected chi connectivity index (χ3v) is 4.37. The molecule has 0 aliphatic carbocycles. The van der Waals surface area contributed by atoms with Gasteiger partial charge in [0.25, 0.3) is 0 Å². The quantitative estimate of drug-likeness (QED) is 0.823. The summed E-state index contributed by atoms with van der Waals surface area (Å²) in [5, 5.41) is 12.3. The summed E-state index contributed by atoms with van der Waals surface area (Å²) in [7, 11) is 0. The summed E-state index contributed by atoms with van der Waals surface area (Å²) in [6, 6.07) is 12.0. The molecule has 2 rings (SSSR count). The predicted molar refractivity (Wildman–Crippen MR) is 82.0 cm³/mol. The van der Waals surface area contributed by atoms with E-state index in [0.717, 1.165) is 24.1 Å². The molecule has 0 aliphatic rings. The molecule has 2 N–H and O–H groups in total. The zero-order chi connectivity index (χ0) is 14.4. The summed E-state index contributed by atoms with van der Waals surface area (Å²) in [5.74, 6) is -0.789. The van der Waals surface area contributed by atoms with Gasteiger partial charge in [0.15, 0.2) is 0 Å². The van der Waals surface area contributed by atoms with E-state index in [1.165, 1.54) is 9.75 Å². The van der Waals surface area contributed by atoms with Crippen molar-refractivity contribution in [3.63, 3.8) is 0 Å². The van der Waals surface area contributed by atoms with Crippen molar-refractivity contribution >= 4 is 17.3 Å². The van der Waals surface area contributed by atoms with E-state index >= 15 is 0 Å². The molecule has 4 heteroatoms. The van der Waals surface area contributed by atoms with Crippen LogP contribution in [0.5, 0.6) is 0 Å². The van der Waals surface area contributed by atoms with Crippen LogP contribution >= 0.6 is 11.3 Å². The van der Waals surface area contributed by atoms with Gasteiger partial charge in [-0.1, -0.05) is 31.2 Å². The fraction of sp³-hybridized carbons (Fsp3) is 0.312. The van der Waals surface area contributed by atoms with E-state index in [1.54, 1.807) is 0 Å². The van der Waals surface area contributed by atoms with Crippen molar-refractivity contribution in [3.05, 3.63) is 57.3 Å². The molecular formula is C16H19NO2S. The van der Waals surface area contributed by atoms with Crippen molar-refractivity contribution in [2.45, 2.75) is 32.9 Å². The minimum absolute atomic E-state index is 0.0802. The number of thiophene rings is 1. The number of carboxylic acids is 1. The molecule has 3 nitrogen and oxygen atoms in total. The van der Waals surface area contributed by atoms with E-state index < -0.39 is 5.97 Å². The van der Waals surface area contributed by atoms with Crippen LogP contribution in [0.25, 0.3) is 0 Å². The highest BCUT2D eigenvalue weighted by Gasteiger charge is 2.06. The number of rotatable bonds is 7. The molecule has 1 aromatic carbocycles. The first-order valence-corrected chi connectivity index (χ1v) is 7.57. The number of carboxylic acid groups (broad SMARTS) is 1. The molecule has 0 saturated carbocycles. The van der Waals surface area contributed by atoms with Gasteiger partial charge in [-0.25, -0.2) is 0 Å². The Morgan fingerprint density at radius 2 is 1.80 bits per heavy atom. The molecule has 1 aromatic heterocycles. The second kappa shape index (κ2) is 7.22. The second-order valence-corrected chi connectivity index (χ2v) is 5.92. The van der Waals surface area contributed by atoms with Crippen LogP contribution in [0, 0.1) is 0 Å². The molecular weight excluding hydrogens is 270 g/mol. The molecule has 0 unspecified atom stereocenters. The number of benzene rings is 1. The van der Waals surface area contributed by atoms with Crippen molar-refractivity contribution in [1.29, 1.82) is 0 Å². The van der Waals surface area contributed by atoms with Crippen molar-refractivity contribution in [2.24, 2.45) is 0 Å². The smallest absolute Gasteiger partial charge is 0.307 e. The van der Waals surface area contributed by atoms with E-state index in [4.69, 9.17) is 5.11 Å². The summed E-state index contributed by atoms with van der Waals surface area (Å²) in [6.07, 6.45) is 1.16. The topological polar surface area (TPSA) is 49.3 Å². The first kappa shape index (κ1) is 14.8. The summed E-state index contributed by atoms with van der Waals surface area (Å²) in [5.41, 5.74) is 1.94. The Morgan fingerprint density at radius 1 is 1.10 bits per heavy atom. The van der Waals surface area contributed by atoms with Crippen LogP contribution in [0.3, 0.4) is 0 Å². The number of aryl methyl sites for hydroxylation is 1. The van der Waals surface area contributed by atoms with Crippen molar-refractivity contribution in [2.75, 3.05) is 0 Å².